The lowest BCUT2D eigenvalue weighted by Crippen LogP contribution is -2.33. The zero-order chi connectivity index (χ0) is 7.28. The Bertz CT molecular complexity index is 113. The Morgan fingerprint density at radius 2 is 2.44 bits per heavy atom. The molecule has 4 heteroatoms. The second-order valence-corrected chi connectivity index (χ2v) is 1.76. The van der Waals surface area contributed by atoms with Crippen molar-refractivity contribution in [3.05, 3.63) is 0 Å². The van der Waals surface area contributed by atoms with E-state index >= 15 is 0 Å². The van der Waals surface area contributed by atoms with Gasteiger partial charge < -0.3 is 15.4 Å². The molecule has 0 saturated heterocycles. The fraction of sp³-hybridized carbons (Fsp3) is 0.600. The van der Waals surface area contributed by atoms with Gasteiger partial charge in [0.25, 0.3) is 0 Å². The summed E-state index contributed by atoms with van der Waals surface area (Å²) >= 11 is 0. The molecule has 0 fully saturated rings. The molecule has 0 aliphatic heterocycles. The minimum absolute atomic E-state index is 0.00292. The summed E-state index contributed by atoms with van der Waals surface area (Å²) in [6.07, 6.45) is 1.23. The summed E-state index contributed by atoms with van der Waals surface area (Å²) in [4.78, 5) is 11.3. The van der Waals surface area contributed by atoms with E-state index in [1.165, 1.54) is 4.90 Å². The molecule has 0 saturated carbocycles. The lowest BCUT2D eigenvalue weighted by atomic mass is 10.4. The summed E-state index contributed by atoms with van der Waals surface area (Å²) in [6, 6.07) is 0. The standard InChI is InChI=1S/C5H11N3O/c1-8(5(6)7)3-2-4-9/h4H,2-3H2,1H3,(H3,6,7). The summed E-state index contributed by atoms with van der Waals surface area (Å²) in [6.45, 7) is 0.527. The smallest absolute Gasteiger partial charge is 0.188 e. The summed E-state index contributed by atoms with van der Waals surface area (Å²) in [7, 11) is 1.67. The van der Waals surface area contributed by atoms with Crippen molar-refractivity contribution >= 4 is 12.2 Å². The van der Waals surface area contributed by atoms with Crippen LogP contribution in [0.4, 0.5) is 0 Å². The van der Waals surface area contributed by atoms with Crippen LogP contribution in [-0.2, 0) is 4.79 Å². The lowest BCUT2D eigenvalue weighted by Gasteiger charge is -2.13. The van der Waals surface area contributed by atoms with Crippen molar-refractivity contribution in [1.29, 1.82) is 5.41 Å². The number of rotatable bonds is 3. The van der Waals surface area contributed by atoms with Crippen LogP contribution >= 0.6 is 0 Å². The molecule has 0 heterocycles. The van der Waals surface area contributed by atoms with E-state index in [1.807, 2.05) is 0 Å². The molecule has 4 nitrogen and oxygen atoms in total. The quantitative estimate of drug-likeness (QED) is 0.304. The number of hydrogen-bond acceptors (Lipinski definition) is 2. The van der Waals surface area contributed by atoms with Crippen LogP contribution < -0.4 is 5.73 Å². The molecule has 0 aromatic heterocycles. The van der Waals surface area contributed by atoms with Crippen LogP contribution in [-0.4, -0.2) is 30.7 Å². The third kappa shape index (κ3) is 3.52. The highest BCUT2D eigenvalue weighted by Crippen LogP contribution is 1.80. The third-order valence-corrected chi connectivity index (χ3v) is 0.994. The monoisotopic (exact) mass is 129 g/mol. The molecule has 0 spiro atoms. The fourth-order valence-electron chi connectivity index (χ4n) is 0.367. The highest BCUT2D eigenvalue weighted by Gasteiger charge is 1.95. The van der Waals surface area contributed by atoms with E-state index in [1.54, 1.807) is 7.05 Å². The molecule has 0 amide bonds. The van der Waals surface area contributed by atoms with Crippen LogP contribution in [0, 0.1) is 5.41 Å². The van der Waals surface area contributed by atoms with Gasteiger partial charge in [-0.3, -0.25) is 5.41 Å². The zero-order valence-electron chi connectivity index (χ0n) is 5.42. The predicted molar refractivity (Wildman–Crippen MR) is 35.2 cm³/mol. The topological polar surface area (TPSA) is 70.2 Å². The van der Waals surface area contributed by atoms with Crippen molar-refractivity contribution in [2.45, 2.75) is 6.42 Å². The van der Waals surface area contributed by atoms with Crippen molar-refractivity contribution in [1.82, 2.24) is 4.90 Å². The normalized spacial score (nSPS) is 8.56. The number of carbonyl (C=O) groups excluding carboxylic acids is 1. The number of guanidine groups is 1. The average Bonchev–Trinajstić information content (AvgIpc) is 1.82. The van der Waals surface area contributed by atoms with Crippen LogP contribution in [0.5, 0.6) is 0 Å². The molecule has 0 aromatic carbocycles. The van der Waals surface area contributed by atoms with Crippen molar-refractivity contribution in [2.75, 3.05) is 13.6 Å². The third-order valence-electron chi connectivity index (χ3n) is 0.994. The molecular formula is C5H11N3O. The van der Waals surface area contributed by atoms with E-state index in [4.69, 9.17) is 11.1 Å². The molecule has 0 unspecified atom stereocenters. The van der Waals surface area contributed by atoms with Gasteiger partial charge in [-0.05, 0) is 0 Å². The molecule has 0 aliphatic rings. The van der Waals surface area contributed by atoms with Crippen LogP contribution in [0.2, 0.25) is 0 Å². The van der Waals surface area contributed by atoms with Gasteiger partial charge >= 0.3 is 0 Å². The van der Waals surface area contributed by atoms with Gasteiger partial charge in [-0.2, -0.15) is 0 Å². The molecular weight excluding hydrogens is 118 g/mol. The van der Waals surface area contributed by atoms with E-state index < -0.39 is 0 Å². The molecule has 0 aliphatic carbocycles. The van der Waals surface area contributed by atoms with Gasteiger partial charge in [-0.25, -0.2) is 0 Å². The highest BCUT2D eigenvalue weighted by atomic mass is 16.1. The Labute approximate surface area is 54.1 Å². The van der Waals surface area contributed by atoms with Crippen molar-refractivity contribution in [2.24, 2.45) is 5.73 Å². The van der Waals surface area contributed by atoms with Gasteiger partial charge in [-0.1, -0.05) is 0 Å². The minimum Gasteiger partial charge on any atom is -0.370 e. The first kappa shape index (κ1) is 7.94. The maximum Gasteiger partial charge on any atom is 0.188 e. The van der Waals surface area contributed by atoms with Gasteiger partial charge in [-0.15, -0.1) is 0 Å². The molecule has 0 rings (SSSR count). The van der Waals surface area contributed by atoms with Crippen LogP contribution in [0.15, 0.2) is 0 Å². The van der Waals surface area contributed by atoms with Gasteiger partial charge in [0.15, 0.2) is 5.96 Å². The second-order valence-electron chi connectivity index (χ2n) is 1.76. The Balaban J connectivity index is 3.37. The number of nitrogens with zero attached hydrogens (tertiary/aromatic N) is 1. The van der Waals surface area contributed by atoms with Gasteiger partial charge in [0.05, 0.1) is 0 Å². The molecule has 3 N–H and O–H groups in total. The largest absolute Gasteiger partial charge is 0.370 e. The van der Waals surface area contributed by atoms with Gasteiger partial charge in [0.2, 0.25) is 0 Å². The van der Waals surface area contributed by atoms with Crippen molar-refractivity contribution < 1.29 is 4.79 Å². The highest BCUT2D eigenvalue weighted by molar-refractivity contribution is 5.74. The van der Waals surface area contributed by atoms with Crippen molar-refractivity contribution in [3.63, 3.8) is 0 Å². The first-order valence-corrected chi connectivity index (χ1v) is 2.67. The molecule has 0 bridgehead atoms. The molecule has 0 aromatic rings. The minimum atomic E-state index is -0.00292. The Morgan fingerprint density at radius 1 is 1.89 bits per heavy atom. The number of nitrogens with two attached hydrogens (primary N) is 1. The van der Waals surface area contributed by atoms with E-state index in [0.29, 0.717) is 13.0 Å². The number of aldehydes is 1. The Hall–Kier alpha value is -1.06. The van der Waals surface area contributed by atoms with Crippen LogP contribution in [0.3, 0.4) is 0 Å². The van der Waals surface area contributed by atoms with Crippen molar-refractivity contribution in [3.8, 4) is 0 Å². The molecule has 0 atom stereocenters. The number of nitrogens with one attached hydrogen (secondary N) is 1. The second kappa shape index (κ2) is 3.88. The van der Waals surface area contributed by atoms with E-state index in [9.17, 15) is 4.79 Å². The summed E-state index contributed by atoms with van der Waals surface area (Å²) in [5.74, 6) is -0.00292. The summed E-state index contributed by atoms with van der Waals surface area (Å²) in [5.41, 5.74) is 5.07. The fourth-order valence-corrected chi connectivity index (χ4v) is 0.367. The zero-order valence-corrected chi connectivity index (χ0v) is 5.42. The van der Waals surface area contributed by atoms with Gasteiger partial charge in [0.1, 0.15) is 6.29 Å². The maximum atomic E-state index is 9.79. The SMILES string of the molecule is CN(CCC=O)C(=N)N. The molecule has 9 heavy (non-hydrogen) atoms. The molecule has 52 valence electrons. The first-order valence-electron chi connectivity index (χ1n) is 2.67. The summed E-state index contributed by atoms with van der Waals surface area (Å²) < 4.78 is 0. The average molecular weight is 129 g/mol. The predicted octanol–water partition coefficient (Wildman–Crippen LogP) is -0.599. The van der Waals surface area contributed by atoms with E-state index in [-0.39, 0.29) is 5.96 Å². The van der Waals surface area contributed by atoms with Crippen LogP contribution in [0.25, 0.3) is 0 Å². The lowest BCUT2D eigenvalue weighted by molar-refractivity contribution is -0.107. The molecule has 0 radical (unpaired) electrons. The van der Waals surface area contributed by atoms with Crippen LogP contribution in [0.1, 0.15) is 6.42 Å². The number of hydrogen-bond donors (Lipinski definition) is 2. The maximum absolute atomic E-state index is 9.79. The van der Waals surface area contributed by atoms with E-state index in [2.05, 4.69) is 0 Å². The Morgan fingerprint density at radius 3 is 2.78 bits per heavy atom. The first-order chi connectivity index (χ1) is 4.18. The van der Waals surface area contributed by atoms with E-state index in [0.717, 1.165) is 6.29 Å². The van der Waals surface area contributed by atoms with Gasteiger partial charge in [0, 0.05) is 20.0 Å². The number of carbonyl (C=O) groups is 1. The summed E-state index contributed by atoms with van der Waals surface area (Å²) in [5, 5.41) is 6.87. The Kier molecular flexibility index (Phi) is 3.43.